The van der Waals surface area contributed by atoms with Crippen LogP contribution in [0.25, 0.3) is 0 Å². The maximum Gasteiger partial charge on any atom is 0.306 e. The lowest BCUT2D eigenvalue weighted by Crippen LogP contribution is -2.30. The molecule has 0 radical (unpaired) electrons. The standard InChI is InChI=1S/C64H108O6/c1-4-7-10-13-16-19-22-25-27-29-31-32-33-35-36-39-42-45-48-51-54-57-63(66)69-60-61(59-68-62(65)56-53-50-47-44-41-38-24-21-18-15-12-9-6-3)70-64(67)58-55-52-49-46-43-40-37-34-30-28-26-23-20-17-14-11-8-5-2/h7,10,12,15-16,19-21,23-25,27-28,30-32,61H,4-6,8-9,11,13-14,17-18,22,26,29,33-60H2,1-3H3/b10-7-,15-12-,19-16-,23-20-,24-21-,27-25-,30-28-,32-31-. The number of allylic oxidation sites excluding steroid dienone is 16. The van der Waals surface area contributed by atoms with Crippen molar-refractivity contribution in [2.75, 3.05) is 13.2 Å². The zero-order valence-corrected chi connectivity index (χ0v) is 45.8. The van der Waals surface area contributed by atoms with E-state index in [4.69, 9.17) is 14.2 Å². The van der Waals surface area contributed by atoms with Crippen LogP contribution in [-0.4, -0.2) is 37.2 Å². The van der Waals surface area contributed by atoms with Crippen LogP contribution in [0.1, 0.15) is 271 Å². The van der Waals surface area contributed by atoms with Crippen molar-refractivity contribution in [3.63, 3.8) is 0 Å². The molecule has 0 aromatic rings. The van der Waals surface area contributed by atoms with Gasteiger partial charge in [0.1, 0.15) is 13.2 Å². The Morgan fingerprint density at radius 2 is 0.586 bits per heavy atom. The molecule has 6 heteroatoms. The Balaban J connectivity index is 4.40. The van der Waals surface area contributed by atoms with E-state index in [0.717, 1.165) is 135 Å². The Kier molecular flexibility index (Phi) is 54.9. The summed E-state index contributed by atoms with van der Waals surface area (Å²) in [7, 11) is 0. The highest BCUT2D eigenvalue weighted by molar-refractivity contribution is 5.71. The normalized spacial score (nSPS) is 12.8. The lowest BCUT2D eigenvalue weighted by Gasteiger charge is -2.18. The third-order valence-corrected chi connectivity index (χ3v) is 12.3. The summed E-state index contributed by atoms with van der Waals surface area (Å²) in [5.41, 5.74) is 0. The largest absolute Gasteiger partial charge is 0.462 e. The molecule has 0 bridgehead atoms. The topological polar surface area (TPSA) is 78.9 Å². The van der Waals surface area contributed by atoms with E-state index in [0.29, 0.717) is 19.3 Å². The molecule has 0 spiro atoms. The number of carbonyl (C=O) groups excluding carboxylic acids is 3. The minimum atomic E-state index is -0.792. The second kappa shape index (κ2) is 57.9. The zero-order valence-electron chi connectivity index (χ0n) is 45.8. The van der Waals surface area contributed by atoms with Gasteiger partial charge in [0.25, 0.3) is 0 Å². The molecule has 0 fully saturated rings. The van der Waals surface area contributed by atoms with Gasteiger partial charge in [-0.1, -0.05) is 234 Å². The van der Waals surface area contributed by atoms with Crippen molar-refractivity contribution >= 4 is 17.9 Å². The third-order valence-electron chi connectivity index (χ3n) is 12.3. The number of rotatable bonds is 52. The second-order valence-electron chi connectivity index (χ2n) is 19.2. The molecule has 0 saturated carbocycles. The van der Waals surface area contributed by atoms with E-state index in [1.54, 1.807) is 0 Å². The van der Waals surface area contributed by atoms with E-state index < -0.39 is 6.10 Å². The molecule has 0 heterocycles. The Morgan fingerprint density at radius 1 is 0.300 bits per heavy atom. The molecule has 0 rings (SSSR count). The zero-order chi connectivity index (χ0) is 50.7. The van der Waals surface area contributed by atoms with Crippen molar-refractivity contribution in [1.29, 1.82) is 0 Å². The smallest absolute Gasteiger partial charge is 0.306 e. The van der Waals surface area contributed by atoms with Gasteiger partial charge >= 0.3 is 17.9 Å². The molecule has 0 aliphatic rings. The van der Waals surface area contributed by atoms with Gasteiger partial charge in [0.05, 0.1) is 0 Å². The third kappa shape index (κ3) is 55.3. The molecule has 0 N–H and O–H groups in total. The monoisotopic (exact) mass is 973 g/mol. The van der Waals surface area contributed by atoms with Gasteiger partial charge < -0.3 is 14.2 Å². The van der Waals surface area contributed by atoms with Crippen LogP contribution in [0.2, 0.25) is 0 Å². The molecular weight excluding hydrogens is 865 g/mol. The highest BCUT2D eigenvalue weighted by atomic mass is 16.6. The number of unbranched alkanes of at least 4 members (excludes halogenated alkanes) is 25. The number of hydrogen-bond acceptors (Lipinski definition) is 6. The summed E-state index contributed by atoms with van der Waals surface area (Å²) in [5, 5.41) is 0. The molecule has 1 atom stereocenters. The van der Waals surface area contributed by atoms with Gasteiger partial charge in [0.15, 0.2) is 6.10 Å². The van der Waals surface area contributed by atoms with E-state index >= 15 is 0 Å². The summed E-state index contributed by atoms with van der Waals surface area (Å²) in [4.78, 5) is 38.2. The highest BCUT2D eigenvalue weighted by Gasteiger charge is 2.19. The number of carbonyl (C=O) groups is 3. The lowest BCUT2D eigenvalue weighted by molar-refractivity contribution is -0.167. The van der Waals surface area contributed by atoms with E-state index in [1.165, 1.54) is 96.3 Å². The molecule has 0 amide bonds. The van der Waals surface area contributed by atoms with E-state index in [9.17, 15) is 14.4 Å². The molecule has 0 aromatic heterocycles. The molecule has 400 valence electrons. The predicted molar refractivity (Wildman–Crippen MR) is 302 cm³/mol. The Hall–Kier alpha value is -3.67. The molecule has 0 saturated heterocycles. The fourth-order valence-electron chi connectivity index (χ4n) is 7.91. The summed E-state index contributed by atoms with van der Waals surface area (Å²) in [6.45, 7) is 6.43. The fourth-order valence-corrected chi connectivity index (χ4v) is 7.91. The van der Waals surface area contributed by atoms with Gasteiger partial charge in [-0.05, 0) is 116 Å². The number of ether oxygens (including phenoxy) is 3. The van der Waals surface area contributed by atoms with Crippen LogP contribution in [0.5, 0.6) is 0 Å². The maximum absolute atomic E-state index is 12.9. The summed E-state index contributed by atoms with van der Waals surface area (Å²) in [6.07, 6.45) is 76.8. The van der Waals surface area contributed by atoms with Crippen molar-refractivity contribution < 1.29 is 28.6 Å². The number of esters is 3. The summed E-state index contributed by atoms with van der Waals surface area (Å²) in [6, 6.07) is 0. The van der Waals surface area contributed by atoms with E-state index in [-0.39, 0.29) is 31.1 Å². The summed E-state index contributed by atoms with van der Waals surface area (Å²) in [5.74, 6) is -0.916. The minimum absolute atomic E-state index is 0.0900. The average molecular weight is 974 g/mol. The Labute approximate surface area is 432 Å². The Bertz CT molecular complexity index is 1400. The average Bonchev–Trinajstić information content (AvgIpc) is 3.36. The first-order valence-corrected chi connectivity index (χ1v) is 29.2. The van der Waals surface area contributed by atoms with Gasteiger partial charge in [0.2, 0.25) is 0 Å². The lowest BCUT2D eigenvalue weighted by atomic mass is 10.1. The van der Waals surface area contributed by atoms with Crippen LogP contribution in [0.4, 0.5) is 0 Å². The molecular formula is C64H108O6. The quantitative estimate of drug-likeness (QED) is 0.0262. The van der Waals surface area contributed by atoms with Crippen LogP contribution in [-0.2, 0) is 28.6 Å². The molecule has 6 nitrogen and oxygen atoms in total. The van der Waals surface area contributed by atoms with Gasteiger partial charge in [-0.2, -0.15) is 0 Å². The van der Waals surface area contributed by atoms with Gasteiger partial charge in [0, 0.05) is 19.3 Å². The molecule has 0 aliphatic carbocycles. The SMILES string of the molecule is CC/C=C\C/C=C\C/C=C\C/C=C\CCCCCCCCCCC(=O)OCC(COC(=O)CCCCCCC/C=C\C/C=C\CCC)OC(=O)CCCCCCCCC/C=C\C/C=C\CCCCCC. The van der Waals surface area contributed by atoms with Gasteiger partial charge in [-0.3, -0.25) is 14.4 Å². The first-order chi connectivity index (χ1) is 34.5. The van der Waals surface area contributed by atoms with Crippen molar-refractivity contribution in [3.8, 4) is 0 Å². The van der Waals surface area contributed by atoms with Crippen molar-refractivity contribution in [3.05, 3.63) is 97.2 Å². The first kappa shape index (κ1) is 66.3. The van der Waals surface area contributed by atoms with Crippen molar-refractivity contribution in [1.82, 2.24) is 0 Å². The van der Waals surface area contributed by atoms with E-state index in [2.05, 4.69) is 118 Å². The van der Waals surface area contributed by atoms with Crippen LogP contribution in [0.3, 0.4) is 0 Å². The van der Waals surface area contributed by atoms with Gasteiger partial charge in [-0.25, -0.2) is 0 Å². The van der Waals surface area contributed by atoms with Crippen LogP contribution in [0.15, 0.2) is 97.2 Å². The van der Waals surface area contributed by atoms with Crippen LogP contribution < -0.4 is 0 Å². The highest BCUT2D eigenvalue weighted by Crippen LogP contribution is 2.15. The first-order valence-electron chi connectivity index (χ1n) is 29.2. The predicted octanol–water partition coefficient (Wildman–Crippen LogP) is 19.7. The van der Waals surface area contributed by atoms with Crippen molar-refractivity contribution in [2.45, 2.75) is 277 Å². The molecule has 70 heavy (non-hydrogen) atoms. The van der Waals surface area contributed by atoms with Crippen LogP contribution in [0, 0.1) is 0 Å². The number of hydrogen-bond donors (Lipinski definition) is 0. The fraction of sp³-hybridized carbons (Fsp3) is 0.703. The minimum Gasteiger partial charge on any atom is -0.462 e. The maximum atomic E-state index is 12.9. The van der Waals surface area contributed by atoms with Crippen LogP contribution >= 0.6 is 0 Å². The summed E-state index contributed by atoms with van der Waals surface area (Å²) < 4.78 is 16.9. The van der Waals surface area contributed by atoms with Gasteiger partial charge in [-0.15, -0.1) is 0 Å². The summed E-state index contributed by atoms with van der Waals surface area (Å²) >= 11 is 0. The second-order valence-corrected chi connectivity index (χ2v) is 19.2. The molecule has 1 unspecified atom stereocenters. The molecule has 0 aliphatic heterocycles. The molecule has 0 aromatic carbocycles. The Morgan fingerprint density at radius 3 is 0.929 bits per heavy atom. The van der Waals surface area contributed by atoms with E-state index in [1.807, 2.05) is 0 Å². The van der Waals surface area contributed by atoms with Crippen molar-refractivity contribution in [2.24, 2.45) is 0 Å².